The Balaban J connectivity index is 1.40. The van der Waals surface area contributed by atoms with Crippen molar-refractivity contribution >= 4 is 22.7 Å². The van der Waals surface area contributed by atoms with Crippen LogP contribution in [0.3, 0.4) is 0 Å². The molecule has 5 nitrogen and oxygen atoms in total. The summed E-state index contributed by atoms with van der Waals surface area (Å²) in [6.07, 6.45) is 2.86. The lowest BCUT2D eigenvalue weighted by Gasteiger charge is -2.07. The van der Waals surface area contributed by atoms with Gasteiger partial charge in [0.2, 0.25) is 11.8 Å². The number of rotatable bonds is 7. The maximum Gasteiger partial charge on any atom is 0.239 e. The Morgan fingerprint density at radius 1 is 0.880 bits per heavy atom. The lowest BCUT2D eigenvalue weighted by Crippen LogP contribution is -2.38. The highest BCUT2D eigenvalue weighted by atomic mass is 16.2. The van der Waals surface area contributed by atoms with Crippen LogP contribution in [0, 0.1) is 0 Å². The quantitative estimate of drug-likeness (QED) is 0.619. The molecule has 0 bridgehead atoms. The first-order chi connectivity index (χ1) is 12.2. The summed E-state index contributed by atoms with van der Waals surface area (Å²) in [4.78, 5) is 27.0. The van der Waals surface area contributed by atoms with Gasteiger partial charge in [-0.1, -0.05) is 48.5 Å². The van der Waals surface area contributed by atoms with Crippen LogP contribution < -0.4 is 10.6 Å². The highest BCUT2D eigenvalue weighted by Gasteiger charge is 2.09. The molecule has 1 aromatic heterocycles. The zero-order chi connectivity index (χ0) is 17.5. The Hall–Kier alpha value is -3.08. The number of hydrogen-bond acceptors (Lipinski definition) is 2. The smallest absolute Gasteiger partial charge is 0.239 e. The molecule has 0 fully saturated rings. The first-order valence-corrected chi connectivity index (χ1v) is 8.34. The number of para-hydroxylation sites is 1. The van der Waals surface area contributed by atoms with Gasteiger partial charge in [0.25, 0.3) is 0 Å². The van der Waals surface area contributed by atoms with E-state index in [9.17, 15) is 9.59 Å². The fourth-order valence-electron chi connectivity index (χ4n) is 2.75. The summed E-state index contributed by atoms with van der Waals surface area (Å²) < 4.78 is 0. The summed E-state index contributed by atoms with van der Waals surface area (Å²) in [5.41, 5.74) is 3.10. The van der Waals surface area contributed by atoms with Gasteiger partial charge >= 0.3 is 0 Å². The van der Waals surface area contributed by atoms with Gasteiger partial charge < -0.3 is 15.6 Å². The molecule has 0 spiro atoms. The van der Waals surface area contributed by atoms with Gasteiger partial charge in [-0.15, -0.1) is 0 Å². The third kappa shape index (κ3) is 4.70. The van der Waals surface area contributed by atoms with Crippen LogP contribution in [0.25, 0.3) is 10.9 Å². The van der Waals surface area contributed by atoms with Crippen LogP contribution in [0.5, 0.6) is 0 Å². The van der Waals surface area contributed by atoms with Gasteiger partial charge in [-0.3, -0.25) is 9.59 Å². The van der Waals surface area contributed by atoms with Crippen molar-refractivity contribution in [3.63, 3.8) is 0 Å². The van der Waals surface area contributed by atoms with E-state index in [1.54, 1.807) is 0 Å². The van der Waals surface area contributed by atoms with E-state index in [0.717, 1.165) is 22.9 Å². The van der Waals surface area contributed by atoms with Crippen LogP contribution in [-0.4, -0.2) is 29.9 Å². The number of benzene rings is 2. The molecule has 3 rings (SSSR count). The Morgan fingerprint density at radius 2 is 1.64 bits per heavy atom. The minimum absolute atomic E-state index is 0.00399. The maximum absolute atomic E-state index is 12.0. The second-order valence-electron chi connectivity index (χ2n) is 5.90. The Morgan fingerprint density at radius 3 is 2.48 bits per heavy atom. The summed E-state index contributed by atoms with van der Waals surface area (Å²) in [7, 11) is 0. The SMILES string of the molecule is O=C(CNC(=O)Cc1c[nH]c2ccccc12)NCCc1ccccc1. The molecule has 0 saturated heterocycles. The fourth-order valence-corrected chi connectivity index (χ4v) is 2.75. The van der Waals surface area contributed by atoms with Gasteiger partial charge in [0, 0.05) is 23.6 Å². The van der Waals surface area contributed by atoms with Gasteiger partial charge in [-0.2, -0.15) is 0 Å². The normalized spacial score (nSPS) is 10.6. The van der Waals surface area contributed by atoms with E-state index in [2.05, 4.69) is 15.6 Å². The maximum atomic E-state index is 12.0. The van der Waals surface area contributed by atoms with E-state index in [0.29, 0.717) is 6.54 Å². The molecule has 5 heteroatoms. The number of carbonyl (C=O) groups excluding carboxylic acids is 2. The molecule has 0 saturated carbocycles. The van der Waals surface area contributed by atoms with Crippen molar-refractivity contribution in [3.05, 3.63) is 71.9 Å². The molecule has 0 atom stereocenters. The van der Waals surface area contributed by atoms with Crippen molar-refractivity contribution in [2.75, 3.05) is 13.1 Å². The second kappa shape index (κ2) is 8.15. The molecule has 0 radical (unpaired) electrons. The molecule has 0 aliphatic carbocycles. The average Bonchev–Trinajstić information content (AvgIpc) is 3.04. The van der Waals surface area contributed by atoms with E-state index in [-0.39, 0.29) is 24.8 Å². The molecule has 0 aliphatic heterocycles. The Kier molecular flexibility index (Phi) is 5.46. The minimum Gasteiger partial charge on any atom is -0.361 e. The first-order valence-electron chi connectivity index (χ1n) is 8.34. The van der Waals surface area contributed by atoms with Crippen molar-refractivity contribution in [1.82, 2.24) is 15.6 Å². The van der Waals surface area contributed by atoms with Crippen LogP contribution >= 0.6 is 0 Å². The molecule has 2 amide bonds. The monoisotopic (exact) mass is 335 g/mol. The standard InChI is InChI=1S/C20H21N3O2/c24-19(12-16-13-22-18-9-5-4-8-17(16)18)23-14-20(25)21-11-10-15-6-2-1-3-7-15/h1-9,13,22H,10-12,14H2,(H,21,25)(H,23,24). The summed E-state index contributed by atoms with van der Waals surface area (Å²) in [5, 5.41) is 6.52. The molecule has 3 aromatic rings. The van der Waals surface area contributed by atoms with Crippen LogP contribution in [0.15, 0.2) is 60.8 Å². The molecule has 25 heavy (non-hydrogen) atoms. The number of aromatic amines is 1. The fraction of sp³-hybridized carbons (Fsp3) is 0.200. The summed E-state index contributed by atoms with van der Waals surface area (Å²) in [6.45, 7) is 0.553. The third-order valence-corrected chi connectivity index (χ3v) is 4.05. The van der Waals surface area contributed by atoms with Crippen molar-refractivity contribution < 1.29 is 9.59 Å². The number of aromatic nitrogens is 1. The Labute approximate surface area is 146 Å². The van der Waals surface area contributed by atoms with Crippen molar-refractivity contribution in [3.8, 4) is 0 Å². The summed E-state index contributed by atoms with van der Waals surface area (Å²) in [5.74, 6) is -0.342. The van der Waals surface area contributed by atoms with E-state index >= 15 is 0 Å². The lowest BCUT2D eigenvalue weighted by molar-refractivity contribution is -0.125. The topological polar surface area (TPSA) is 74.0 Å². The van der Waals surface area contributed by atoms with E-state index in [1.807, 2.05) is 60.8 Å². The first kappa shape index (κ1) is 16.8. The third-order valence-electron chi connectivity index (χ3n) is 4.05. The van der Waals surface area contributed by atoms with Gasteiger partial charge in [-0.25, -0.2) is 0 Å². The number of amides is 2. The predicted octanol–water partition coefficient (Wildman–Crippen LogP) is 2.19. The summed E-state index contributed by atoms with van der Waals surface area (Å²) >= 11 is 0. The molecule has 3 N–H and O–H groups in total. The average molecular weight is 335 g/mol. The van der Waals surface area contributed by atoms with Gasteiger partial charge in [0.15, 0.2) is 0 Å². The van der Waals surface area contributed by atoms with Crippen LogP contribution in [0.2, 0.25) is 0 Å². The zero-order valence-electron chi connectivity index (χ0n) is 13.9. The number of H-pyrrole nitrogens is 1. The van der Waals surface area contributed by atoms with Gasteiger partial charge in [0.1, 0.15) is 0 Å². The highest BCUT2D eigenvalue weighted by Crippen LogP contribution is 2.17. The van der Waals surface area contributed by atoms with E-state index in [4.69, 9.17) is 0 Å². The molecular weight excluding hydrogens is 314 g/mol. The van der Waals surface area contributed by atoms with Gasteiger partial charge in [-0.05, 0) is 23.6 Å². The molecule has 1 heterocycles. The minimum atomic E-state index is -0.178. The Bertz CT molecular complexity index is 856. The number of nitrogens with one attached hydrogen (secondary N) is 3. The molecule has 128 valence electrons. The van der Waals surface area contributed by atoms with E-state index in [1.165, 1.54) is 5.56 Å². The number of hydrogen-bond donors (Lipinski definition) is 3. The number of carbonyl (C=O) groups is 2. The van der Waals surface area contributed by atoms with Crippen molar-refractivity contribution in [2.24, 2.45) is 0 Å². The molecule has 2 aromatic carbocycles. The second-order valence-corrected chi connectivity index (χ2v) is 5.90. The van der Waals surface area contributed by atoms with Crippen molar-refractivity contribution in [2.45, 2.75) is 12.8 Å². The van der Waals surface area contributed by atoms with E-state index < -0.39 is 0 Å². The van der Waals surface area contributed by atoms with Crippen LogP contribution in [-0.2, 0) is 22.4 Å². The largest absolute Gasteiger partial charge is 0.361 e. The predicted molar refractivity (Wildman–Crippen MR) is 98.2 cm³/mol. The lowest BCUT2D eigenvalue weighted by atomic mass is 10.1. The number of fused-ring (bicyclic) bond motifs is 1. The highest BCUT2D eigenvalue weighted by molar-refractivity contribution is 5.90. The van der Waals surface area contributed by atoms with Crippen molar-refractivity contribution in [1.29, 1.82) is 0 Å². The van der Waals surface area contributed by atoms with Gasteiger partial charge in [0.05, 0.1) is 13.0 Å². The van der Waals surface area contributed by atoms with Crippen LogP contribution in [0.4, 0.5) is 0 Å². The molecule has 0 aliphatic rings. The zero-order valence-corrected chi connectivity index (χ0v) is 13.9. The molecule has 0 unspecified atom stereocenters. The summed E-state index contributed by atoms with van der Waals surface area (Å²) in [6, 6.07) is 17.8. The van der Waals surface area contributed by atoms with Crippen LogP contribution in [0.1, 0.15) is 11.1 Å². The molecular formula is C20H21N3O2.